The molecule has 90 valence electrons. The van der Waals surface area contributed by atoms with E-state index in [1.54, 1.807) is 6.20 Å². The number of anilines is 1. The van der Waals surface area contributed by atoms with E-state index in [-0.39, 0.29) is 5.82 Å². The molecule has 0 aromatic carbocycles. The number of nitrogens with two attached hydrogens (primary N) is 1. The molecule has 3 aromatic rings. The van der Waals surface area contributed by atoms with Crippen molar-refractivity contribution < 1.29 is 4.63 Å². The predicted molar refractivity (Wildman–Crippen MR) is 63.5 cm³/mol. The Hall–Kier alpha value is -2.44. The molecule has 0 atom stereocenters. The lowest BCUT2D eigenvalue weighted by Crippen LogP contribution is -2.00. The van der Waals surface area contributed by atoms with Crippen molar-refractivity contribution >= 4 is 17.0 Å². The topological polar surface area (TPSA) is 95.7 Å². The van der Waals surface area contributed by atoms with Crippen LogP contribution in [0.2, 0.25) is 0 Å². The third-order valence-corrected chi connectivity index (χ3v) is 3.09. The largest absolute Gasteiger partial charge is 0.379 e. The Bertz CT molecular complexity index is 726. The van der Waals surface area contributed by atoms with Gasteiger partial charge in [0.15, 0.2) is 23.0 Å². The fraction of sp³-hybridized carbons (Fsp3) is 0.273. The number of rotatable bonds is 2. The van der Waals surface area contributed by atoms with Crippen LogP contribution in [0.3, 0.4) is 0 Å². The number of fused-ring (bicyclic) bond motifs is 1. The van der Waals surface area contributed by atoms with E-state index in [1.807, 2.05) is 12.1 Å². The minimum atomic E-state index is 0.257. The number of hydrogen-bond acceptors (Lipinski definition) is 6. The number of nitrogen functional groups attached to an aromatic ring is 1. The molecule has 0 aliphatic heterocycles. The highest BCUT2D eigenvalue weighted by Crippen LogP contribution is 2.40. The van der Waals surface area contributed by atoms with Gasteiger partial charge in [0.1, 0.15) is 5.52 Å². The van der Waals surface area contributed by atoms with Gasteiger partial charge in [-0.2, -0.15) is 0 Å². The molecule has 0 saturated heterocycles. The Labute approximate surface area is 102 Å². The van der Waals surface area contributed by atoms with E-state index < -0.39 is 0 Å². The second-order valence-corrected chi connectivity index (χ2v) is 4.38. The monoisotopic (exact) mass is 242 g/mol. The zero-order valence-electron chi connectivity index (χ0n) is 9.45. The highest BCUT2D eigenvalue weighted by molar-refractivity contribution is 5.78. The molecule has 3 heterocycles. The Morgan fingerprint density at radius 1 is 1.33 bits per heavy atom. The van der Waals surface area contributed by atoms with Crippen LogP contribution in [0.15, 0.2) is 23.0 Å². The minimum Gasteiger partial charge on any atom is -0.379 e. The van der Waals surface area contributed by atoms with Gasteiger partial charge in [0, 0.05) is 12.2 Å². The highest BCUT2D eigenvalue weighted by atomic mass is 16.6. The molecule has 18 heavy (non-hydrogen) atoms. The normalized spacial score (nSPS) is 15.3. The van der Waals surface area contributed by atoms with Crippen LogP contribution >= 0.6 is 0 Å². The van der Waals surface area contributed by atoms with Crippen molar-refractivity contribution in [1.82, 2.24) is 24.8 Å². The van der Waals surface area contributed by atoms with Crippen LogP contribution in [0.4, 0.5) is 5.82 Å². The summed E-state index contributed by atoms with van der Waals surface area (Å²) in [5.41, 5.74) is 7.92. The zero-order valence-corrected chi connectivity index (χ0v) is 9.45. The summed E-state index contributed by atoms with van der Waals surface area (Å²) in [6, 6.07) is 4.21. The van der Waals surface area contributed by atoms with Crippen molar-refractivity contribution in [2.45, 2.75) is 18.9 Å². The fourth-order valence-electron chi connectivity index (χ4n) is 2.13. The summed E-state index contributed by atoms with van der Waals surface area (Å²) in [4.78, 5) is 8.92. The number of aromatic nitrogens is 5. The first-order chi connectivity index (χ1) is 8.84. The van der Waals surface area contributed by atoms with E-state index in [4.69, 9.17) is 5.73 Å². The minimum absolute atomic E-state index is 0.257. The van der Waals surface area contributed by atoms with Crippen molar-refractivity contribution in [2.24, 2.45) is 0 Å². The summed E-state index contributed by atoms with van der Waals surface area (Å²) < 4.78 is 6.73. The van der Waals surface area contributed by atoms with Gasteiger partial charge >= 0.3 is 0 Å². The number of nitrogens with zero attached hydrogens (tertiary/aromatic N) is 5. The number of imidazole rings is 1. The number of pyridine rings is 1. The maximum absolute atomic E-state index is 5.74. The van der Waals surface area contributed by atoms with Crippen LogP contribution in [0.25, 0.3) is 22.7 Å². The summed E-state index contributed by atoms with van der Waals surface area (Å²) in [5, 5.41) is 7.43. The van der Waals surface area contributed by atoms with Gasteiger partial charge in [-0.05, 0) is 35.3 Å². The second kappa shape index (κ2) is 3.28. The zero-order chi connectivity index (χ0) is 12.1. The van der Waals surface area contributed by atoms with Gasteiger partial charge in [-0.15, -0.1) is 0 Å². The smallest absolute Gasteiger partial charge is 0.199 e. The van der Waals surface area contributed by atoms with Crippen LogP contribution < -0.4 is 5.73 Å². The van der Waals surface area contributed by atoms with Crippen LogP contribution in [0.5, 0.6) is 0 Å². The average Bonchev–Trinajstić information content (AvgIpc) is 3.01. The Kier molecular flexibility index (Phi) is 1.75. The van der Waals surface area contributed by atoms with Crippen LogP contribution in [-0.4, -0.2) is 24.8 Å². The van der Waals surface area contributed by atoms with E-state index in [0.717, 1.165) is 24.0 Å². The SMILES string of the molecule is Nc1nonc1-c1nc2cccnc2n1C1CC1. The summed E-state index contributed by atoms with van der Waals surface area (Å²) in [6.07, 6.45) is 4.01. The van der Waals surface area contributed by atoms with E-state index in [0.29, 0.717) is 17.6 Å². The standard InChI is InChI=1S/C11H10N6O/c12-9-8(15-18-16-9)11-14-7-2-1-5-13-10(7)17(11)6-3-4-6/h1-2,5-6H,3-4H2,(H2,12,16). The average molecular weight is 242 g/mol. The first-order valence-corrected chi connectivity index (χ1v) is 5.76. The first kappa shape index (κ1) is 9.58. The maximum Gasteiger partial charge on any atom is 0.199 e. The van der Waals surface area contributed by atoms with E-state index in [1.165, 1.54) is 0 Å². The molecule has 3 aromatic heterocycles. The van der Waals surface area contributed by atoms with E-state index in [2.05, 4.69) is 29.5 Å². The lowest BCUT2D eigenvalue weighted by Gasteiger charge is -2.03. The summed E-state index contributed by atoms with van der Waals surface area (Å²) >= 11 is 0. The predicted octanol–water partition coefficient (Wildman–Crippen LogP) is 1.40. The van der Waals surface area contributed by atoms with Crippen molar-refractivity contribution in [3.05, 3.63) is 18.3 Å². The lowest BCUT2D eigenvalue weighted by molar-refractivity contribution is 0.310. The molecule has 0 unspecified atom stereocenters. The maximum atomic E-state index is 5.74. The quantitative estimate of drug-likeness (QED) is 0.729. The van der Waals surface area contributed by atoms with Gasteiger partial charge in [0.05, 0.1) is 0 Å². The summed E-state index contributed by atoms with van der Waals surface area (Å²) in [7, 11) is 0. The van der Waals surface area contributed by atoms with Crippen LogP contribution in [0.1, 0.15) is 18.9 Å². The van der Waals surface area contributed by atoms with E-state index >= 15 is 0 Å². The first-order valence-electron chi connectivity index (χ1n) is 5.76. The van der Waals surface area contributed by atoms with Gasteiger partial charge in [-0.1, -0.05) is 0 Å². The summed E-state index contributed by atoms with van der Waals surface area (Å²) in [6.45, 7) is 0. The Morgan fingerprint density at radius 3 is 2.94 bits per heavy atom. The van der Waals surface area contributed by atoms with Gasteiger partial charge in [-0.25, -0.2) is 14.6 Å². The molecule has 0 bridgehead atoms. The molecule has 7 heteroatoms. The molecular weight excluding hydrogens is 232 g/mol. The Balaban J connectivity index is 2.05. The molecule has 7 nitrogen and oxygen atoms in total. The van der Waals surface area contributed by atoms with Gasteiger partial charge in [0.25, 0.3) is 0 Å². The molecule has 1 saturated carbocycles. The third kappa shape index (κ3) is 1.24. The van der Waals surface area contributed by atoms with Crippen molar-refractivity contribution in [3.8, 4) is 11.5 Å². The lowest BCUT2D eigenvalue weighted by atomic mass is 10.4. The summed E-state index contributed by atoms with van der Waals surface area (Å²) in [5.74, 6) is 0.942. The molecule has 1 aliphatic carbocycles. The molecule has 0 amide bonds. The molecule has 4 rings (SSSR count). The van der Waals surface area contributed by atoms with Crippen LogP contribution in [-0.2, 0) is 0 Å². The molecule has 2 N–H and O–H groups in total. The van der Waals surface area contributed by atoms with Gasteiger partial charge in [0.2, 0.25) is 0 Å². The van der Waals surface area contributed by atoms with Crippen molar-refractivity contribution in [2.75, 3.05) is 5.73 Å². The fourth-order valence-corrected chi connectivity index (χ4v) is 2.13. The number of hydrogen-bond donors (Lipinski definition) is 1. The van der Waals surface area contributed by atoms with Crippen LogP contribution in [0, 0.1) is 0 Å². The van der Waals surface area contributed by atoms with E-state index in [9.17, 15) is 0 Å². The van der Waals surface area contributed by atoms with Crippen molar-refractivity contribution in [3.63, 3.8) is 0 Å². The molecular formula is C11H10N6O. The highest BCUT2D eigenvalue weighted by Gasteiger charge is 2.31. The third-order valence-electron chi connectivity index (χ3n) is 3.09. The molecule has 0 spiro atoms. The van der Waals surface area contributed by atoms with Gasteiger partial charge in [-0.3, -0.25) is 0 Å². The van der Waals surface area contributed by atoms with Crippen molar-refractivity contribution in [1.29, 1.82) is 0 Å². The molecule has 1 fully saturated rings. The Morgan fingerprint density at radius 2 is 2.22 bits per heavy atom. The second-order valence-electron chi connectivity index (χ2n) is 4.38. The molecule has 1 aliphatic rings. The van der Waals surface area contributed by atoms with Gasteiger partial charge < -0.3 is 10.3 Å². The molecule has 0 radical (unpaired) electrons.